The first kappa shape index (κ1) is 20.0. The van der Waals surface area contributed by atoms with Gasteiger partial charge in [-0.15, -0.1) is 11.8 Å². The number of anilines is 2. The lowest BCUT2D eigenvalue weighted by molar-refractivity contribution is -0.133. The number of amides is 2. The maximum atomic E-state index is 12.9. The number of hydrogen-bond acceptors (Lipinski definition) is 5. The number of carboxylic acid groups (broad SMARTS) is 1. The Morgan fingerprint density at radius 3 is 2.67 bits per heavy atom. The Morgan fingerprint density at radius 2 is 2.00 bits per heavy atom. The SMILES string of the molecule is O=C(O)CSc1cnc(NC(=O)N(CC2CCCC2)c2ccc(Cl)cc2)s1. The third-order valence-electron chi connectivity index (χ3n) is 4.34. The second-order valence-electron chi connectivity index (χ2n) is 6.33. The van der Waals surface area contributed by atoms with Crippen molar-refractivity contribution in [1.29, 1.82) is 0 Å². The summed E-state index contributed by atoms with van der Waals surface area (Å²) >= 11 is 8.43. The molecule has 2 N–H and O–H groups in total. The predicted molar refractivity (Wildman–Crippen MR) is 110 cm³/mol. The fraction of sp³-hybridized carbons (Fsp3) is 0.389. The lowest BCUT2D eigenvalue weighted by atomic mass is 10.1. The largest absolute Gasteiger partial charge is 0.481 e. The number of aliphatic carboxylic acids is 1. The van der Waals surface area contributed by atoms with E-state index >= 15 is 0 Å². The van der Waals surface area contributed by atoms with Crippen molar-refractivity contribution in [3.8, 4) is 0 Å². The fourth-order valence-electron chi connectivity index (χ4n) is 3.05. The maximum Gasteiger partial charge on any atom is 0.328 e. The van der Waals surface area contributed by atoms with Crippen molar-refractivity contribution in [3.05, 3.63) is 35.5 Å². The minimum atomic E-state index is -0.885. The Balaban J connectivity index is 1.70. The van der Waals surface area contributed by atoms with Gasteiger partial charge >= 0.3 is 12.0 Å². The summed E-state index contributed by atoms with van der Waals surface area (Å²) in [6.07, 6.45) is 6.25. The average molecular weight is 426 g/mol. The minimum absolute atomic E-state index is 0.0336. The Labute approximate surface area is 170 Å². The van der Waals surface area contributed by atoms with Crippen molar-refractivity contribution >= 4 is 57.5 Å². The summed E-state index contributed by atoms with van der Waals surface area (Å²) in [4.78, 5) is 29.5. The van der Waals surface area contributed by atoms with Crippen molar-refractivity contribution in [3.63, 3.8) is 0 Å². The molecule has 0 bridgehead atoms. The van der Waals surface area contributed by atoms with E-state index in [1.807, 2.05) is 12.1 Å². The molecular formula is C18H20ClN3O3S2. The number of carbonyl (C=O) groups excluding carboxylic acids is 1. The number of thiazole rings is 1. The van der Waals surface area contributed by atoms with Crippen LogP contribution < -0.4 is 10.2 Å². The Kier molecular flexibility index (Phi) is 6.98. The van der Waals surface area contributed by atoms with Gasteiger partial charge in [-0.3, -0.25) is 15.0 Å². The zero-order valence-electron chi connectivity index (χ0n) is 14.6. The van der Waals surface area contributed by atoms with Gasteiger partial charge in [0.2, 0.25) is 0 Å². The lowest BCUT2D eigenvalue weighted by Gasteiger charge is -2.25. The normalized spacial score (nSPS) is 14.3. The van der Waals surface area contributed by atoms with Gasteiger partial charge in [-0.05, 0) is 43.0 Å². The number of nitrogens with zero attached hydrogens (tertiary/aromatic N) is 2. The average Bonchev–Trinajstić information content (AvgIpc) is 3.30. The molecule has 1 aliphatic rings. The fourth-order valence-corrected chi connectivity index (χ4v) is 4.76. The maximum absolute atomic E-state index is 12.9. The molecule has 27 heavy (non-hydrogen) atoms. The minimum Gasteiger partial charge on any atom is -0.481 e. The zero-order valence-corrected chi connectivity index (χ0v) is 16.9. The third kappa shape index (κ3) is 5.85. The zero-order chi connectivity index (χ0) is 19.2. The van der Waals surface area contributed by atoms with E-state index in [0.29, 0.717) is 22.6 Å². The quantitative estimate of drug-likeness (QED) is 0.595. The predicted octanol–water partition coefficient (Wildman–Crippen LogP) is 5.20. The van der Waals surface area contributed by atoms with E-state index < -0.39 is 5.97 Å². The highest BCUT2D eigenvalue weighted by molar-refractivity contribution is 8.01. The van der Waals surface area contributed by atoms with Crippen LogP contribution in [0.25, 0.3) is 0 Å². The molecular weight excluding hydrogens is 406 g/mol. The highest BCUT2D eigenvalue weighted by Gasteiger charge is 2.24. The molecule has 144 valence electrons. The number of carboxylic acids is 1. The van der Waals surface area contributed by atoms with Gasteiger partial charge in [-0.2, -0.15) is 0 Å². The van der Waals surface area contributed by atoms with Crippen molar-refractivity contribution in [2.24, 2.45) is 5.92 Å². The van der Waals surface area contributed by atoms with E-state index in [1.54, 1.807) is 23.2 Å². The molecule has 1 saturated carbocycles. The standard InChI is InChI=1S/C18H20ClN3O3S2/c19-13-5-7-14(8-6-13)22(10-12-3-1-2-4-12)18(25)21-17-20-9-16(27-17)26-11-15(23)24/h5-9,12H,1-4,10-11H2,(H,23,24)(H,20,21,25). The van der Waals surface area contributed by atoms with Crippen molar-refractivity contribution in [1.82, 2.24) is 4.98 Å². The topological polar surface area (TPSA) is 82.5 Å². The van der Waals surface area contributed by atoms with Gasteiger partial charge in [-0.25, -0.2) is 9.78 Å². The summed E-state index contributed by atoms with van der Waals surface area (Å²) in [5.41, 5.74) is 0.792. The van der Waals surface area contributed by atoms with Gasteiger partial charge < -0.3 is 5.11 Å². The highest BCUT2D eigenvalue weighted by Crippen LogP contribution is 2.30. The first-order chi connectivity index (χ1) is 13.0. The Bertz CT molecular complexity index is 791. The molecule has 1 aliphatic carbocycles. The van der Waals surface area contributed by atoms with E-state index in [4.69, 9.17) is 16.7 Å². The van der Waals surface area contributed by atoms with Crippen molar-refractivity contribution < 1.29 is 14.7 Å². The van der Waals surface area contributed by atoms with Crippen molar-refractivity contribution in [2.45, 2.75) is 29.9 Å². The van der Waals surface area contributed by atoms with Crippen LogP contribution >= 0.6 is 34.7 Å². The molecule has 0 spiro atoms. The summed E-state index contributed by atoms with van der Waals surface area (Å²) in [6, 6.07) is 6.99. The molecule has 0 aliphatic heterocycles. The highest BCUT2D eigenvalue weighted by atomic mass is 35.5. The molecule has 0 unspecified atom stereocenters. The number of nitrogens with one attached hydrogen (secondary N) is 1. The van der Waals surface area contributed by atoms with Gasteiger partial charge in [0, 0.05) is 17.3 Å². The third-order valence-corrected chi connectivity index (χ3v) is 6.68. The number of thioether (sulfide) groups is 1. The second-order valence-corrected chi connectivity index (χ2v) is 9.08. The van der Waals surface area contributed by atoms with E-state index in [9.17, 15) is 9.59 Å². The van der Waals surface area contributed by atoms with Crippen molar-refractivity contribution in [2.75, 3.05) is 22.5 Å². The van der Waals surface area contributed by atoms with E-state index in [1.165, 1.54) is 35.9 Å². The Hall–Kier alpha value is -1.77. The van der Waals surface area contributed by atoms with Crippen LogP contribution in [0.4, 0.5) is 15.6 Å². The van der Waals surface area contributed by atoms with Gasteiger partial charge in [0.1, 0.15) is 0 Å². The first-order valence-electron chi connectivity index (χ1n) is 8.66. The number of rotatable bonds is 7. The van der Waals surface area contributed by atoms with Crippen LogP contribution in [0.5, 0.6) is 0 Å². The number of urea groups is 1. The number of benzene rings is 1. The molecule has 2 aromatic rings. The summed E-state index contributed by atoms with van der Waals surface area (Å²) < 4.78 is 0.751. The molecule has 1 fully saturated rings. The van der Waals surface area contributed by atoms with E-state index in [2.05, 4.69) is 10.3 Å². The van der Waals surface area contributed by atoms with Gasteiger partial charge in [-0.1, -0.05) is 35.8 Å². The van der Waals surface area contributed by atoms with Gasteiger partial charge in [0.25, 0.3) is 0 Å². The molecule has 6 nitrogen and oxygen atoms in total. The van der Waals surface area contributed by atoms with Crippen LogP contribution in [-0.2, 0) is 4.79 Å². The van der Waals surface area contributed by atoms with Crippen LogP contribution in [0.3, 0.4) is 0 Å². The molecule has 0 radical (unpaired) electrons. The first-order valence-corrected chi connectivity index (χ1v) is 10.8. The molecule has 3 rings (SSSR count). The molecule has 9 heteroatoms. The van der Waals surface area contributed by atoms with Gasteiger partial charge in [0.05, 0.1) is 16.2 Å². The number of hydrogen-bond donors (Lipinski definition) is 2. The summed E-state index contributed by atoms with van der Waals surface area (Å²) in [6.45, 7) is 0.652. The number of carbonyl (C=O) groups is 2. The number of halogens is 1. The van der Waals surface area contributed by atoms with Gasteiger partial charge in [0.15, 0.2) is 5.13 Å². The molecule has 0 saturated heterocycles. The molecule has 1 aromatic carbocycles. The van der Waals surface area contributed by atoms with E-state index in [0.717, 1.165) is 22.7 Å². The summed E-state index contributed by atoms with van der Waals surface area (Å²) in [5, 5.41) is 12.7. The van der Waals surface area contributed by atoms with Crippen LogP contribution in [0.1, 0.15) is 25.7 Å². The van der Waals surface area contributed by atoms with Crippen LogP contribution in [0, 0.1) is 5.92 Å². The molecule has 2 amide bonds. The molecule has 1 heterocycles. The summed E-state index contributed by atoms with van der Waals surface area (Å²) in [7, 11) is 0. The summed E-state index contributed by atoms with van der Waals surface area (Å²) in [5.74, 6) is -0.428. The van der Waals surface area contributed by atoms with E-state index in [-0.39, 0.29) is 11.8 Å². The Morgan fingerprint density at radius 1 is 1.30 bits per heavy atom. The number of aromatic nitrogens is 1. The van der Waals surface area contributed by atoms with Crippen LogP contribution in [-0.4, -0.2) is 34.4 Å². The van der Waals surface area contributed by atoms with Crippen LogP contribution in [0.15, 0.2) is 34.7 Å². The monoisotopic (exact) mass is 425 g/mol. The lowest BCUT2D eigenvalue weighted by Crippen LogP contribution is -2.38. The second kappa shape index (κ2) is 9.43. The smallest absolute Gasteiger partial charge is 0.328 e. The van der Waals surface area contributed by atoms with Crippen LogP contribution in [0.2, 0.25) is 5.02 Å². The molecule has 1 aromatic heterocycles. The molecule has 0 atom stereocenters.